The molecule has 1 saturated heterocycles. The first-order chi connectivity index (χ1) is 12.0. The van der Waals surface area contributed by atoms with Crippen molar-refractivity contribution in [2.45, 2.75) is 0 Å². The van der Waals surface area contributed by atoms with Crippen LogP contribution >= 0.6 is 12.2 Å². The first-order valence-corrected chi connectivity index (χ1v) is 7.87. The normalized spacial score (nSPS) is 16.4. The second kappa shape index (κ2) is 6.52. The van der Waals surface area contributed by atoms with Crippen LogP contribution in [0.25, 0.3) is 16.8 Å². The molecular weight excluding hydrogens is 340 g/mol. The molecule has 1 fully saturated rings. The molecule has 0 aromatic heterocycles. The minimum Gasteiger partial charge on any atom is -0.497 e. The molecule has 2 aromatic carbocycles. The first-order valence-electron chi connectivity index (χ1n) is 7.46. The Morgan fingerprint density at radius 3 is 2.52 bits per heavy atom. The van der Waals surface area contributed by atoms with Crippen LogP contribution in [0.2, 0.25) is 0 Å². The lowest BCUT2D eigenvalue weighted by Gasteiger charge is -2.25. The first kappa shape index (κ1) is 16.9. The lowest BCUT2D eigenvalue weighted by atomic mass is 9.99. The average Bonchev–Trinajstić information content (AvgIpc) is 2.62. The predicted octanol–water partition coefficient (Wildman–Crippen LogP) is 2.11. The minimum atomic E-state index is -0.532. The Kier molecular flexibility index (Phi) is 4.41. The summed E-state index contributed by atoms with van der Waals surface area (Å²) in [5.74, 6) is 0.216. The number of hydrogen-bond acceptors (Lipinski definition) is 5. The Labute approximate surface area is 150 Å². The van der Waals surface area contributed by atoms with Gasteiger partial charge in [0.05, 0.1) is 14.2 Å². The molecule has 3 rings (SSSR count). The zero-order valence-corrected chi connectivity index (χ0v) is 14.8. The minimum absolute atomic E-state index is 0.00952. The highest BCUT2D eigenvalue weighted by atomic mass is 32.1. The standard InChI is InChI=1S/C18H16N2O4S/c1-20-17(22)14(16(21)19-18(20)25)9-13-12-8-11(23-2)6-4-10(12)5-7-15(13)24-3/h4-9H,1-3H3,(H,19,21,25)/b14-9+. The number of fused-ring (bicyclic) bond motifs is 1. The molecule has 0 bridgehead atoms. The SMILES string of the molecule is COc1ccc2ccc(OC)c(/C=C3\C(=O)NC(=S)N(C)C3=O)c2c1. The van der Waals surface area contributed by atoms with E-state index in [0.717, 1.165) is 10.8 Å². The van der Waals surface area contributed by atoms with E-state index in [4.69, 9.17) is 21.7 Å². The van der Waals surface area contributed by atoms with Crippen molar-refractivity contribution in [1.29, 1.82) is 0 Å². The van der Waals surface area contributed by atoms with Crippen LogP contribution in [0, 0.1) is 0 Å². The number of carbonyl (C=O) groups is 2. The van der Waals surface area contributed by atoms with Gasteiger partial charge < -0.3 is 9.47 Å². The Balaban J connectivity index is 2.24. The molecule has 2 amide bonds. The summed E-state index contributed by atoms with van der Waals surface area (Å²) in [6.45, 7) is 0. The molecule has 6 nitrogen and oxygen atoms in total. The molecule has 0 radical (unpaired) electrons. The highest BCUT2D eigenvalue weighted by Gasteiger charge is 2.31. The van der Waals surface area contributed by atoms with E-state index in [1.165, 1.54) is 25.1 Å². The van der Waals surface area contributed by atoms with Gasteiger partial charge in [0.15, 0.2) is 5.11 Å². The van der Waals surface area contributed by atoms with E-state index >= 15 is 0 Å². The number of thiocarbonyl (C=S) groups is 1. The summed E-state index contributed by atoms with van der Waals surface area (Å²) in [5, 5.41) is 4.32. The van der Waals surface area contributed by atoms with Crippen LogP contribution in [0.1, 0.15) is 5.56 Å². The molecule has 2 aromatic rings. The van der Waals surface area contributed by atoms with Crippen molar-refractivity contribution >= 4 is 46.0 Å². The number of nitrogens with one attached hydrogen (secondary N) is 1. The molecule has 0 spiro atoms. The van der Waals surface area contributed by atoms with Crippen molar-refractivity contribution < 1.29 is 19.1 Å². The van der Waals surface area contributed by atoms with Crippen LogP contribution in [0.5, 0.6) is 11.5 Å². The quantitative estimate of drug-likeness (QED) is 0.518. The molecule has 0 saturated carbocycles. The second-order valence-electron chi connectivity index (χ2n) is 5.45. The summed E-state index contributed by atoms with van der Waals surface area (Å²) < 4.78 is 10.7. The molecule has 7 heteroatoms. The van der Waals surface area contributed by atoms with Gasteiger partial charge in [0.2, 0.25) is 0 Å². The number of benzene rings is 2. The number of methoxy groups -OCH3 is 2. The van der Waals surface area contributed by atoms with Crippen molar-refractivity contribution in [2.24, 2.45) is 0 Å². The van der Waals surface area contributed by atoms with Gasteiger partial charge in [-0.2, -0.15) is 0 Å². The summed E-state index contributed by atoms with van der Waals surface area (Å²) >= 11 is 4.96. The molecule has 25 heavy (non-hydrogen) atoms. The van der Waals surface area contributed by atoms with Gasteiger partial charge in [-0.05, 0) is 47.3 Å². The monoisotopic (exact) mass is 356 g/mol. The van der Waals surface area contributed by atoms with E-state index in [0.29, 0.717) is 17.1 Å². The number of carbonyl (C=O) groups excluding carboxylic acids is 2. The molecule has 1 N–H and O–H groups in total. The third-order valence-electron chi connectivity index (χ3n) is 4.04. The molecule has 0 aliphatic carbocycles. The summed E-state index contributed by atoms with van der Waals surface area (Å²) in [5.41, 5.74) is 0.614. The molecule has 0 atom stereocenters. The van der Waals surface area contributed by atoms with Crippen LogP contribution in [0.15, 0.2) is 35.9 Å². The fourth-order valence-corrected chi connectivity index (χ4v) is 2.82. The number of rotatable bonds is 3. The summed E-state index contributed by atoms with van der Waals surface area (Å²) in [7, 11) is 4.63. The van der Waals surface area contributed by atoms with Gasteiger partial charge in [-0.3, -0.25) is 19.8 Å². The topological polar surface area (TPSA) is 67.9 Å². The fourth-order valence-electron chi connectivity index (χ4n) is 2.65. The van der Waals surface area contributed by atoms with Gasteiger partial charge in [-0.15, -0.1) is 0 Å². The van der Waals surface area contributed by atoms with Crippen molar-refractivity contribution in [2.75, 3.05) is 21.3 Å². The summed E-state index contributed by atoms with van der Waals surface area (Å²) in [4.78, 5) is 25.9. The van der Waals surface area contributed by atoms with Crippen LogP contribution in [0.3, 0.4) is 0 Å². The van der Waals surface area contributed by atoms with Crippen molar-refractivity contribution in [1.82, 2.24) is 10.2 Å². The largest absolute Gasteiger partial charge is 0.497 e. The fraction of sp³-hybridized carbons (Fsp3) is 0.167. The Bertz CT molecular complexity index is 931. The van der Waals surface area contributed by atoms with Crippen molar-refractivity contribution in [3.8, 4) is 11.5 Å². The number of likely N-dealkylation sites (N-methyl/N-ethyl adjacent to an activating group) is 1. The zero-order chi connectivity index (χ0) is 18.1. The van der Waals surface area contributed by atoms with Gasteiger partial charge in [-0.25, -0.2) is 0 Å². The Morgan fingerprint density at radius 2 is 1.84 bits per heavy atom. The van der Waals surface area contributed by atoms with Gasteiger partial charge in [0.25, 0.3) is 11.8 Å². The number of nitrogens with zero attached hydrogens (tertiary/aromatic N) is 1. The maximum atomic E-state index is 12.5. The maximum Gasteiger partial charge on any atom is 0.265 e. The van der Waals surface area contributed by atoms with E-state index in [1.54, 1.807) is 13.2 Å². The molecule has 1 aliphatic rings. The van der Waals surface area contributed by atoms with Crippen LogP contribution < -0.4 is 14.8 Å². The molecular formula is C18H16N2O4S. The summed E-state index contributed by atoms with van der Waals surface area (Å²) in [6, 6.07) is 9.28. The molecule has 1 heterocycles. The number of hydrogen-bond donors (Lipinski definition) is 1. The highest BCUT2D eigenvalue weighted by molar-refractivity contribution is 7.80. The zero-order valence-electron chi connectivity index (χ0n) is 14.0. The third-order valence-corrected chi connectivity index (χ3v) is 4.42. The third kappa shape index (κ3) is 2.94. The van der Waals surface area contributed by atoms with E-state index in [1.807, 2.05) is 24.3 Å². The molecule has 128 valence electrons. The van der Waals surface area contributed by atoms with E-state index in [9.17, 15) is 9.59 Å². The predicted molar refractivity (Wildman–Crippen MR) is 98.5 cm³/mol. The Morgan fingerprint density at radius 1 is 1.12 bits per heavy atom. The van der Waals surface area contributed by atoms with Gasteiger partial charge in [0.1, 0.15) is 17.1 Å². The maximum absolute atomic E-state index is 12.5. The van der Waals surface area contributed by atoms with E-state index in [2.05, 4.69) is 5.32 Å². The Hall–Kier alpha value is -2.93. The number of ether oxygens (including phenoxy) is 2. The average molecular weight is 356 g/mol. The van der Waals surface area contributed by atoms with Gasteiger partial charge in [-0.1, -0.05) is 12.1 Å². The lowest BCUT2D eigenvalue weighted by molar-refractivity contribution is -0.128. The van der Waals surface area contributed by atoms with Crippen molar-refractivity contribution in [3.05, 3.63) is 41.5 Å². The van der Waals surface area contributed by atoms with Gasteiger partial charge in [0, 0.05) is 12.6 Å². The lowest BCUT2D eigenvalue weighted by Crippen LogP contribution is -2.52. The van der Waals surface area contributed by atoms with Crippen molar-refractivity contribution in [3.63, 3.8) is 0 Å². The van der Waals surface area contributed by atoms with Crippen LogP contribution in [-0.4, -0.2) is 43.1 Å². The second-order valence-corrected chi connectivity index (χ2v) is 5.84. The van der Waals surface area contributed by atoms with Crippen LogP contribution in [0.4, 0.5) is 0 Å². The van der Waals surface area contributed by atoms with E-state index < -0.39 is 11.8 Å². The molecule has 1 aliphatic heterocycles. The molecule has 0 unspecified atom stereocenters. The smallest absolute Gasteiger partial charge is 0.265 e. The highest BCUT2D eigenvalue weighted by Crippen LogP contribution is 2.33. The summed E-state index contributed by atoms with van der Waals surface area (Å²) in [6.07, 6.45) is 1.52. The van der Waals surface area contributed by atoms with Gasteiger partial charge >= 0.3 is 0 Å². The number of amides is 2. The van der Waals surface area contributed by atoms with E-state index in [-0.39, 0.29) is 10.7 Å². The van der Waals surface area contributed by atoms with Crippen LogP contribution in [-0.2, 0) is 9.59 Å².